The molecule has 2 aromatic rings. The van der Waals surface area contributed by atoms with Crippen molar-refractivity contribution in [2.45, 2.75) is 13.5 Å². The Morgan fingerprint density at radius 1 is 1.04 bits per heavy atom. The Morgan fingerprint density at radius 2 is 1.81 bits per heavy atom. The van der Waals surface area contributed by atoms with Gasteiger partial charge in [0.15, 0.2) is 11.5 Å². The highest BCUT2D eigenvalue weighted by Crippen LogP contribution is 2.44. The van der Waals surface area contributed by atoms with Crippen LogP contribution in [0.1, 0.15) is 22.8 Å². The molecule has 1 aliphatic rings. The van der Waals surface area contributed by atoms with Crippen LogP contribution in [0.25, 0.3) is 11.1 Å². The van der Waals surface area contributed by atoms with E-state index in [0.717, 1.165) is 16.7 Å². The third kappa shape index (κ3) is 3.81. The van der Waals surface area contributed by atoms with Gasteiger partial charge < -0.3 is 24.3 Å². The van der Waals surface area contributed by atoms with Crippen molar-refractivity contribution in [2.24, 2.45) is 0 Å². The number of hydrogen-bond donors (Lipinski definition) is 1. The number of amides is 1. The molecule has 1 heterocycles. The van der Waals surface area contributed by atoms with Gasteiger partial charge in [0, 0.05) is 24.6 Å². The van der Waals surface area contributed by atoms with Crippen molar-refractivity contribution in [3.63, 3.8) is 0 Å². The molecule has 1 N–H and O–H groups in total. The van der Waals surface area contributed by atoms with Gasteiger partial charge in [0.05, 0.1) is 14.2 Å². The van der Waals surface area contributed by atoms with Crippen molar-refractivity contribution in [1.82, 2.24) is 5.32 Å². The van der Waals surface area contributed by atoms with E-state index in [-0.39, 0.29) is 25.1 Å². The number of hydrogen-bond acceptors (Lipinski definition) is 6. The molecule has 0 aliphatic carbocycles. The lowest BCUT2D eigenvalue weighted by Crippen LogP contribution is -2.12. The van der Waals surface area contributed by atoms with Crippen molar-refractivity contribution in [2.75, 3.05) is 27.4 Å². The molecule has 0 fully saturated rings. The average molecular weight is 371 g/mol. The number of fused-ring (bicyclic) bond motifs is 1. The molecule has 0 spiro atoms. The van der Waals surface area contributed by atoms with Gasteiger partial charge in [-0.15, -0.1) is 0 Å². The van der Waals surface area contributed by atoms with E-state index >= 15 is 0 Å². The van der Waals surface area contributed by atoms with Gasteiger partial charge in [0.1, 0.15) is 13.2 Å². The Labute approximate surface area is 157 Å². The van der Waals surface area contributed by atoms with Crippen LogP contribution in [0.3, 0.4) is 0 Å². The SMILES string of the molecule is COc1ccc(-c2ccc3c(c2)CNC3=O)c(OCCOC(C)=O)c1OC. The number of nitrogens with one attached hydrogen (secondary N) is 1. The summed E-state index contributed by atoms with van der Waals surface area (Å²) in [7, 11) is 3.08. The number of carbonyl (C=O) groups is 2. The van der Waals surface area contributed by atoms with Gasteiger partial charge in [0.2, 0.25) is 5.75 Å². The lowest BCUT2D eigenvalue weighted by molar-refractivity contribution is -0.141. The second kappa shape index (κ2) is 7.99. The fraction of sp³-hybridized carbons (Fsp3) is 0.300. The summed E-state index contributed by atoms with van der Waals surface area (Å²) in [6.45, 7) is 2.13. The van der Waals surface area contributed by atoms with E-state index in [0.29, 0.717) is 29.4 Å². The second-order valence-electron chi connectivity index (χ2n) is 5.92. The first-order valence-electron chi connectivity index (χ1n) is 8.47. The summed E-state index contributed by atoms with van der Waals surface area (Å²) >= 11 is 0. The summed E-state index contributed by atoms with van der Waals surface area (Å²) in [6, 6.07) is 9.28. The maximum absolute atomic E-state index is 11.8. The summed E-state index contributed by atoms with van der Waals surface area (Å²) in [5.74, 6) is 1.03. The Bertz CT molecular complexity index is 877. The molecule has 0 bridgehead atoms. The Morgan fingerprint density at radius 3 is 2.52 bits per heavy atom. The van der Waals surface area contributed by atoms with E-state index in [2.05, 4.69) is 5.32 Å². The zero-order valence-electron chi connectivity index (χ0n) is 15.5. The molecule has 0 saturated carbocycles. The van der Waals surface area contributed by atoms with Gasteiger partial charge in [0.25, 0.3) is 5.91 Å². The largest absolute Gasteiger partial charge is 0.493 e. The normalized spacial score (nSPS) is 12.2. The molecule has 0 radical (unpaired) electrons. The van der Waals surface area contributed by atoms with E-state index in [1.54, 1.807) is 19.2 Å². The molecule has 7 heteroatoms. The van der Waals surface area contributed by atoms with Crippen LogP contribution in [0.4, 0.5) is 0 Å². The van der Waals surface area contributed by atoms with Gasteiger partial charge in [-0.3, -0.25) is 9.59 Å². The lowest BCUT2D eigenvalue weighted by atomic mass is 9.99. The summed E-state index contributed by atoms with van der Waals surface area (Å²) in [4.78, 5) is 22.7. The van der Waals surface area contributed by atoms with E-state index in [9.17, 15) is 9.59 Å². The number of ether oxygens (including phenoxy) is 4. The van der Waals surface area contributed by atoms with Crippen molar-refractivity contribution in [3.05, 3.63) is 41.5 Å². The van der Waals surface area contributed by atoms with Gasteiger partial charge >= 0.3 is 5.97 Å². The van der Waals surface area contributed by atoms with Gasteiger partial charge in [-0.2, -0.15) is 0 Å². The monoisotopic (exact) mass is 371 g/mol. The van der Waals surface area contributed by atoms with Crippen molar-refractivity contribution in [1.29, 1.82) is 0 Å². The lowest BCUT2D eigenvalue weighted by Gasteiger charge is -2.18. The van der Waals surface area contributed by atoms with E-state index in [1.165, 1.54) is 14.0 Å². The maximum Gasteiger partial charge on any atom is 0.302 e. The van der Waals surface area contributed by atoms with Crippen molar-refractivity contribution in [3.8, 4) is 28.4 Å². The first kappa shape index (κ1) is 18.6. The van der Waals surface area contributed by atoms with E-state index in [1.807, 2.05) is 18.2 Å². The zero-order valence-corrected chi connectivity index (χ0v) is 15.5. The Hall–Kier alpha value is -3.22. The third-order valence-electron chi connectivity index (χ3n) is 4.24. The second-order valence-corrected chi connectivity index (χ2v) is 5.92. The number of methoxy groups -OCH3 is 2. The first-order valence-corrected chi connectivity index (χ1v) is 8.47. The fourth-order valence-corrected chi connectivity index (χ4v) is 3.00. The van der Waals surface area contributed by atoms with Crippen LogP contribution in [0.5, 0.6) is 17.2 Å². The average Bonchev–Trinajstić information content (AvgIpc) is 3.04. The minimum atomic E-state index is -0.368. The summed E-state index contributed by atoms with van der Waals surface area (Å²) < 4.78 is 21.7. The van der Waals surface area contributed by atoms with Gasteiger partial charge in [-0.25, -0.2) is 0 Å². The fourth-order valence-electron chi connectivity index (χ4n) is 3.00. The van der Waals surface area contributed by atoms with Crippen molar-refractivity contribution >= 4 is 11.9 Å². The molecular weight excluding hydrogens is 350 g/mol. The topological polar surface area (TPSA) is 83.1 Å². The van der Waals surface area contributed by atoms with Gasteiger partial charge in [-0.1, -0.05) is 6.07 Å². The molecule has 3 rings (SSSR count). The quantitative estimate of drug-likeness (QED) is 0.595. The van der Waals surface area contributed by atoms with Crippen LogP contribution < -0.4 is 19.5 Å². The summed E-state index contributed by atoms with van der Waals surface area (Å²) in [5.41, 5.74) is 3.28. The van der Waals surface area contributed by atoms with E-state index < -0.39 is 0 Å². The standard InChI is InChI=1S/C20H21NO6/c1-12(22)26-8-9-27-18-15(6-7-17(24-2)19(18)25-3)13-4-5-16-14(10-13)11-21-20(16)23/h4-7,10H,8-9,11H2,1-3H3,(H,21,23). The summed E-state index contributed by atoms with van der Waals surface area (Å²) in [6.07, 6.45) is 0. The Balaban J connectivity index is 1.98. The third-order valence-corrected chi connectivity index (χ3v) is 4.24. The molecule has 1 amide bonds. The summed E-state index contributed by atoms with van der Waals surface area (Å²) in [5, 5.41) is 2.81. The smallest absolute Gasteiger partial charge is 0.302 e. The number of benzene rings is 2. The molecule has 2 aromatic carbocycles. The zero-order chi connectivity index (χ0) is 19.4. The van der Waals surface area contributed by atoms with Crippen LogP contribution in [0, 0.1) is 0 Å². The highest BCUT2D eigenvalue weighted by atomic mass is 16.6. The minimum Gasteiger partial charge on any atom is -0.493 e. The van der Waals surface area contributed by atoms with Crippen LogP contribution in [0.2, 0.25) is 0 Å². The highest BCUT2D eigenvalue weighted by Gasteiger charge is 2.22. The molecule has 0 aromatic heterocycles. The number of carbonyl (C=O) groups excluding carboxylic acids is 2. The maximum atomic E-state index is 11.8. The molecule has 27 heavy (non-hydrogen) atoms. The van der Waals surface area contributed by atoms with Crippen LogP contribution in [-0.2, 0) is 16.1 Å². The Kier molecular flexibility index (Phi) is 5.49. The predicted octanol–water partition coefficient (Wildman–Crippen LogP) is 2.56. The highest BCUT2D eigenvalue weighted by molar-refractivity contribution is 5.99. The molecule has 7 nitrogen and oxygen atoms in total. The van der Waals surface area contributed by atoms with Crippen LogP contribution in [-0.4, -0.2) is 39.3 Å². The predicted molar refractivity (Wildman–Crippen MR) is 98.3 cm³/mol. The molecule has 1 aliphatic heterocycles. The molecule has 142 valence electrons. The van der Waals surface area contributed by atoms with Crippen LogP contribution in [0.15, 0.2) is 30.3 Å². The molecule has 0 unspecified atom stereocenters. The number of rotatable bonds is 7. The molecular formula is C20H21NO6. The first-order chi connectivity index (χ1) is 13.0. The molecule has 0 atom stereocenters. The van der Waals surface area contributed by atoms with Crippen LogP contribution >= 0.6 is 0 Å². The van der Waals surface area contributed by atoms with Gasteiger partial charge in [-0.05, 0) is 35.4 Å². The number of esters is 1. The molecule has 0 saturated heterocycles. The minimum absolute atomic E-state index is 0.0679. The van der Waals surface area contributed by atoms with Crippen molar-refractivity contribution < 1.29 is 28.5 Å². The van der Waals surface area contributed by atoms with E-state index in [4.69, 9.17) is 18.9 Å².